The molecule has 1 amide bonds. The number of piperazine rings is 1. The number of ether oxygens (including phenoxy) is 3. The quantitative estimate of drug-likeness (QED) is 0.217. The van der Waals surface area contributed by atoms with Crippen LogP contribution in [0, 0.1) is 5.92 Å². The van der Waals surface area contributed by atoms with Crippen LogP contribution < -0.4 is 16.4 Å². The Kier molecular flexibility index (Phi) is 6.18. The molecule has 4 N–H and O–H groups in total. The number of thioether (sulfide) groups is 1. The molecule has 0 saturated carbocycles. The maximum atomic E-state index is 13.8. The van der Waals surface area contributed by atoms with Crippen molar-refractivity contribution < 1.29 is 33.4 Å². The maximum Gasteiger partial charge on any atom is 0.404 e. The Hall–Kier alpha value is -2.57. The van der Waals surface area contributed by atoms with Gasteiger partial charge in [0.2, 0.25) is 11.6 Å². The molecule has 0 aromatic rings. The molecule has 3 heterocycles. The highest BCUT2D eigenvalue weighted by Crippen LogP contribution is 2.55. The zero-order chi connectivity index (χ0) is 24.1. The molecule has 4 aliphatic rings. The maximum absolute atomic E-state index is 13.8. The van der Waals surface area contributed by atoms with Crippen molar-refractivity contribution in [2.45, 2.75) is 37.2 Å². The molecule has 0 aromatic heterocycles. The van der Waals surface area contributed by atoms with Crippen molar-refractivity contribution in [2.24, 2.45) is 11.7 Å². The van der Waals surface area contributed by atoms with Crippen LogP contribution in [0.4, 0.5) is 4.79 Å². The van der Waals surface area contributed by atoms with Crippen molar-refractivity contribution in [2.75, 3.05) is 39.4 Å². The van der Waals surface area contributed by atoms with E-state index in [1.807, 2.05) is 11.2 Å². The van der Waals surface area contributed by atoms with Gasteiger partial charge in [-0.05, 0) is 25.4 Å². The number of fused-ring (bicyclic) bond motifs is 4. The summed E-state index contributed by atoms with van der Waals surface area (Å²) >= 11 is 1.55. The Balaban J connectivity index is 1.72. The topological polar surface area (TPSA) is 159 Å². The van der Waals surface area contributed by atoms with Gasteiger partial charge in [0.25, 0.3) is 0 Å². The Labute approximate surface area is 195 Å². The number of methoxy groups -OCH3 is 2. The van der Waals surface area contributed by atoms with Crippen LogP contribution in [0.1, 0.15) is 13.3 Å². The highest BCUT2D eigenvalue weighted by Gasteiger charge is 2.72. The second-order valence-corrected chi connectivity index (χ2v) is 9.41. The summed E-state index contributed by atoms with van der Waals surface area (Å²) in [5.41, 5.74) is 4.88. The molecular weight excluding hydrogens is 452 g/mol. The standard InChI is InChI=1S/C21H28N4O7S/c1-9-14(23-11(5-6-33-4)19(28)30-2)17(27)13-10(8-32-20(22)29)21(31-3)18-12(24-18)7-25(21)15(13)16(9)26/h10-12,18,23-24H,5-8H2,1-4H3,(H2,22,29)/t10?,11?,12?,18?,21-/m1/s1. The van der Waals surface area contributed by atoms with Crippen LogP contribution in [0.25, 0.3) is 0 Å². The van der Waals surface area contributed by atoms with Crippen LogP contribution in [0.2, 0.25) is 0 Å². The number of rotatable bonds is 9. The predicted molar refractivity (Wildman–Crippen MR) is 118 cm³/mol. The average molecular weight is 481 g/mol. The average Bonchev–Trinajstić information content (AvgIpc) is 3.41. The van der Waals surface area contributed by atoms with Gasteiger partial charge in [-0.1, -0.05) is 0 Å². The van der Waals surface area contributed by atoms with E-state index in [1.165, 1.54) is 14.2 Å². The normalized spacial score (nSPS) is 30.7. The van der Waals surface area contributed by atoms with Crippen molar-refractivity contribution in [1.82, 2.24) is 15.5 Å². The number of amides is 1. The summed E-state index contributed by atoms with van der Waals surface area (Å²) < 4.78 is 15.9. The number of allylic oxidation sites excluding steroid dienone is 2. The van der Waals surface area contributed by atoms with Crippen LogP contribution >= 0.6 is 11.8 Å². The minimum absolute atomic E-state index is 0.0482. The lowest BCUT2D eigenvalue weighted by atomic mass is 9.82. The fourth-order valence-electron chi connectivity index (χ4n) is 5.27. The van der Waals surface area contributed by atoms with E-state index in [0.29, 0.717) is 18.7 Å². The van der Waals surface area contributed by atoms with Gasteiger partial charge in [0.05, 0.1) is 30.5 Å². The fourth-order valence-corrected chi connectivity index (χ4v) is 5.74. The van der Waals surface area contributed by atoms with Gasteiger partial charge < -0.3 is 35.5 Å². The molecule has 5 atom stereocenters. The number of esters is 1. The highest BCUT2D eigenvalue weighted by atomic mass is 32.2. The summed E-state index contributed by atoms with van der Waals surface area (Å²) in [6.45, 7) is 1.83. The van der Waals surface area contributed by atoms with E-state index >= 15 is 0 Å². The van der Waals surface area contributed by atoms with Crippen LogP contribution in [0.5, 0.6) is 0 Å². The molecule has 180 valence electrons. The van der Waals surface area contributed by atoms with E-state index in [1.54, 1.807) is 18.7 Å². The van der Waals surface area contributed by atoms with Crippen molar-refractivity contribution in [3.63, 3.8) is 0 Å². The number of carbonyl (C=O) groups excluding carboxylic acids is 4. The smallest absolute Gasteiger partial charge is 0.404 e. The zero-order valence-corrected chi connectivity index (χ0v) is 19.7. The first-order chi connectivity index (χ1) is 15.7. The van der Waals surface area contributed by atoms with Crippen LogP contribution in [0.15, 0.2) is 22.5 Å². The van der Waals surface area contributed by atoms with Crippen LogP contribution in [-0.2, 0) is 28.6 Å². The molecule has 4 rings (SSSR count). The summed E-state index contributed by atoms with van der Waals surface area (Å²) in [7, 11) is 2.78. The molecule has 2 saturated heterocycles. The Morgan fingerprint density at radius 1 is 1.33 bits per heavy atom. The molecule has 33 heavy (non-hydrogen) atoms. The van der Waals surface area contributed by atoms with E-state index in [0.717, 1.165) is 0 Å². The lowest BCUT2D eigenvalue weighted by Gasteiger charge is -2.39. The Bertz CT molecular complexity index is 980. The van der Waals surface area contributed by atoms with Crippen LogP contribution in [-0.4, -0.2) is 91.8 Å². The number of ketones is 2. The molecule has 0 radical (unpaired) electrons. The molecule has 11 nitrogen and oxygen atoms in total. The number of Topliss-reactive ketones (excluding diaryl/α,β-unsaturated/α-hetero) is 2. The zero-order valence-electron chi connectivity index (χ0n) is 18.9. The lowest BCUT2D eigenvalue weighted by Crippen LogP contribution is -2.55. The molecule has 1 aliphatic carbocycles. The second kappa shape index (κ2) is 8.65. The third kappa shape index (κ3) is 3.51. The summed E-state index contributed by atoms with van der Waals surface area (Å²) in [5, 5.41) is 6.28. The number of hydrogen-bond donors (Lipinski definition) is 3. The monoisotopic (exact) mass is 480 g/mol. The van der Waals surface area contributed by atoms with E-state index in [2.05, 4.69) is 10.6 Å². The number of nitrogens with zero attached hydrogens (tertiary/aromatic N) is 1. The lowest BCUT2D eigenvalue weighted by molar-refractivity contribution is -0.143. The molecular formula is C21H28N4O7S. The minimum atomic E-state index is -1.05. The first-order valence-corrected chi connectivity index (χ1v) is 12.0. The molecule has 3 aliphatic heterocycles. The van der Waals surface area contributed by atoms with Gasteiger partial charge in [0, 0.05) is 30.8 Å². The van der Waals surface area contributed by atoms with Crippen molar-refractivity contribution in [1.29, 1.82) is 0 Å². The van der Waals surface area contributed by atoms with Crippen molar-refractivity contribution in [3.05, 3.63) is 22.5 Å². The second-order valence-electron chi connectivity index (χ2n) is 8.42. The van der Waals surface area contributed by atoms with E-state index < -0.39 is 35.5 Å². The predicted octanol–water partition coefficient (Wildman–Crippen LogP) is -0.726. The van der Waals surface area contributed by atoms with Gasteiger partial charge in [-0.3, -0.25) is 9.59 Å². The van der Waals surface area contributed by atoms with Crippen molar-refractivity contribution >= 4 is 35.4 Å². The summed E-state index contributed by atoms with van der Waals surface area (Å²) in [6.07, 6.45) is 1.33. The highest BCUT2D eigenvalue weighted by molar-refractivity contribution is 7.98. The largest absolute Gasteiger partial charge is 0.467 e. The van der Waals surface area contributed by atoms with Gasteiger partial charge in [0.15, 0.2) is 5.72 Å². The molecule has 0 bridgehead atoms. The number of nitrogens with two attached hydrogens (primary N) is 1. The summed E-state index contributed by atoms with van der Waals surface area (Å²) in [4.78, 5) is 52.9. The summed E-state index contributed by atoms with van der Waals surface area (Å²) in [5.74, 6) is -1.37. The van der Waals surface area contributed by atoms with Gasteiger partial charge in [0.1, 0.15) is 12.6 Å². The molecule has 4 unspecified atom stereocenters. The van der Waals surface area contributed by atoms with Gasteiger partial charge in [-0.15, -0.1) is 0 Å². The molecule has 0 spiro atoms. The summed E-state index contributed by atoms with van der Waals surface area (Å²) in [6, 6.07) is -0.813. The van der Waals surface area contributed by atoms with Gasteiger partial charge in [-0.25, -0.2) is 9.59 Å². The van der Waals surface area contributed by atoms with E-state index in [-0.39, 0.29) is 47.0 Å². The van der Waals surface area contributed by atoms with E-state index in [4.69, 9.17) is 19.9 Å². The number of carbonyl (C=O) groups is 4. The number of primary amides is 1. The van der Waals surface area contributed by atoms with Crippen molar-refractivity contribution in [3.8, 4) is 0 Å². The first-order valence-electron chi connectivity index (χ1n) is 10.6. The van der Waals surface area contributed by atoms with Crippen LogP contribution in [0.3, 0.4) is 0 Å². The third-order valence-electron chi connectivity index (χ3n) is 6.84. The SMILES string of the molecule is COC(=O)C(CCSC)NC1=C(C)C(=O)C2=C(C1=O)C(COC(N)=O)[C@@]1(OC)C3NC3CN21. The number of hydrogen-bond acceptors (Lipinski definition) is 11. The fraction of sp³-hybridized carbons (Fsp3) is 0.619. The molecule has 2 fully saturated rings. The first kappa shape index (κ1) is 23.6. The van der Waals surface area contributed by atoms with E-state index in [9.17, 15) is 19.2 Å². The van der Waals surface area contributed by atoms with Gasteiger partial charge in [-0.2, -0.15) is 11.8 Å². The van der Waals surface area contributed by atoms with Gasteiger partial charge >= 0.3 is 12.1 Å². The third-order valence-corrected chi connectivity index (χ3v) is 7.49. The Morgan fingerprint density at radius 2 is 2.06 bits per heavy atom. The molecule has 0 aromatic carbocycles. The molecule has 12 heteroatoms. The minimum Gasteiger partial charge on any atom is -0.467 e. The number of nitrogens with one attached hydrogen (secondary N) is 2. The Morgan fingerprint density at radius 3 is 2.67 bits per heavy atom.